The molecule has 1 atom stereocenters. The molecule has 100 valence electrons. The van der Waals surface area contributed by atoms with Crippen molar-refractivity contribution in [1.82, 2.24) is 10.4 Å². The summed E-state index contributed by atoms with van der Waals surface area (Å²) in [7, 11) is 1.45. The number of carbonyl (C=O) groups is 1. The molecule has 0 aromatic heterocycles. The van der Waals surface area contributed by atoms with Gasteiger partial charge in [-0.05, 0) is 25.6 Å². The Morgan fingerprint density at radius 1 is 1.28 bits per heavy atom. The fraction of sp³-hybridized carbons (Fsp3) is 0.500. The molecule has 1 unspecified atom stereocenters. The predicted octanol–water partition coefficient (Wildman–Crippen LogP) is 2.06. The van der Waals surface area contributed by atoms with E-state index < -0.39 is 0 Å². The zero-order chi connectivity index (χ0) is 13.5. The Labute approximate surface area is 109 Å². The van der Waals surface area contributed by atoms with Crippen molar-refractivity contribution in [2.24, 2.45) is 0 Å². The van der Waals surface area contributed by atoms with E-state index in [1.165, 1.54) is 12.7 Å². The summed E-state index contributed by atoms with van der Waals surface area (Å²) in [6.07, 6.45) is 0. The molecule has 1 aromatic carbocycles. The molecule has 0 radical (unpaired) electrons. The van der Waals surface area contributed by atoms with Crippen LogP contribution in [0.1, 0.15) is 31.0 Å². The summed E-state index contributed by atoms with van der Waals surface area (Å²) in [5, 5.41) is 0. The first-order valence-electron chi connectivity index (χ1n) is 6.27. The topological polar surface area (TPSA) is 41.6 Å². The smallest absolute Gasteiger partial charge is 0.265 e. The number of hydrogen-bond donors (Lipinski definition) is 1. The summed E-state index contributed by atoms with van der Waals surface area (Å²) in [5.74, 6) is -0.134. The van der Waals surface area contributed by atoms with Crippen LogP contribution in [0.25, 0.3) is 0 Å². The SMILES string of the molecule is CCN(CC)C(C(=O)NOC)c1ccc(C)cc1. The van der Waals surface area contributed by atoms with Crippen molar-refractivity contribution >= 4 is 5.91 Å². The van der Waals surface area contributed by atoms with Crippen LogP contribution >= 0.6 is 0 Å². The summed E-state index contributed by atoms with van der Waals surface area (Å²) in [5.41, 5.74) is 4.60. The summed E-state index contributed by atoms with van der Waals surface area (Å²) in [6.45, 7) is 7.75. The maximum absolute atomic E-state index is 12.1. The first kappa shape index (κ1) is 14.7. The van der Waals surface area contributed by atoms with Gasteiger partial charge in [-0.15, -0.1) is 0 Å². The van der Waals surface area contributed by atoms with Crippen molar-refractivity contribution < 1.29 is 9.63 Å². The van der Waals surface area contributed by atoms with Crippen molar-refractivity contribution in [2.75, 3.05) is 20.2 Å². The molecule has 0 aliphatic rings. The number of aryl methyl sites for hydroxylation is 1. The van der Waals surface area contributed by atoms with E-state index in [4.69, 9.17) is 4.84 Å². The van der Waals surface area contributed by atoms with Crippen molar-refractivity contribution in [3.05, 3.63) is 35.4 Å². The molecule has 0 aliphatic carbocycles. The van der Waals surface area contributed by atoms with Gasteiger partial charge in [0.25, 0.3) is 5.91 Å². The molecule has 1 aromatic rings. The number of carbonyl (C=O) groups excluding carboxylic acids is 1. The van der Waals surface area contributed by atoms with Crippen molar-refractivity contribution in [3.63, 3.8) is 0 Å². The molecule has 0 fully saturated rings. The van der Waals surface area contributed by atoms with Gasteiger partial charge in [0.05, 0.1) is 7.11 Å². The van der Waals surface area contributed by atoms with Crippen LogP contribution in [-0.4, -0.2) is 31.0 Å². The lowest BCUT2D eigenvalue weighted by atomic mass is 10.0. The van der Waals surface area contributed by atoms with Crippen LogP contribution in [0.15, 0.2) is 24.3 Å². The third kappa shape index (κ3) is 3.55. The standard InChI is InChI=1S/C14H22N2O2/c1-5-16(6-2)13(14(17)15-18-4)12-9-7-11(3)8-10-12/h7-10,13H,5-6H2,1-4H3,(H,15,17). The first-order valence-corrected chi connectivity index (χ1v) is 6.27. The van der Waals surface area contributed by atoms with E-state index in [2.05, 4.69) is 10.4 Å². The normalized spacial score (nSPS) is 12.5. The number of likely N-dealkylation sites (N-methyl/N-ethyl adjacent to an activating group) is 1. The highest BCUT2D eigenvalue weighted by Gasteiger charge is 2.25. The second-order valence-corrected chi connectivity index (χ2v) is 4.20. The van der Waals surface area contributed by atoms with Gasteiger partial charge in [0.15, 0.2) is 0 Å². The minimum atomic E-state index is -0.305. The number of nitrogens with zero attached hydrogens (tertiary/aromatic N) is 1. The Morgan fingerprint density at radius 2 is 1.83 bits per heavy atom. The van der Waals surface area contributed by atoms with E-state index >= 15 is 0 Å². The quantitative estimate of drug-likeness (QED) is 0.786. The summed E-state index contributed by atoms with van der Waals surface area (Å²) >= 11 is 0. The molecule has 4 nitrogen and oxygen atoms in total. The molecule has 0 saturated heterocycles. The molecule has 1 amide bonds. The Kier molecular flexibility index (Phi) is 5.82. The van der Waals surface area contributed by atoms with Gasteiger partial charge in [0, 0.05) is 0 Å². The second kappa shape index (κ2) is 7.13. The third-order valence-electron chi connectivity index (χ3n) is 3.02. The van der Waals surface area contributed by atoms with Gasteiger partial charge in [0.2, 0.25) is 0 Å². The Bertz CT molecular complexity index is 372. The van der Waals surface area contributed by atoms with E-state index in [-0.39, 0.29) is 11.9 Å². The number of hydroxylamine groups is 1. The minimum absolute atomic E-state index is 0.134. The number of benzene rings is 1. The number of nitrogens with one attached hydrogen (secondary N) is 1. The van der Waals surface area contributed by atoms with E-state index in [9.17, 15) is 4.79 Å². The maximum Gasteiger partial charge on any atom is 0.265 e. The Balaban J connectivity index is 3.02. The van der Waals surface area contributed by atoms with E-state index in [1.54, 1.807) is 0 Å². The minimum Gasteiger partial charge on any atom is -0.289 e. The largest absolute Gasteiger partial charge is 0.289 e. The fourth-order valence-corrected chi connectivity index (χ4v) is 2.02. The monoisotopic (exact) mass is 250 g/mol. The van der Waals surface area contributed by atoms with Gasteiger partial charge < -0.3 is 0 Å². The molecule has 0 spiro atoms. The van der Waals surface area contributed by atoms with Crippen LogP contribution in [0.4, 0.5) is 0 Å². The maximum atomic E-state index is 12.1. The molecule has 1 N–H and O–H groups in total. The molecular formula is C14H22N2O2. The molecule has 1 rings (SSSR count). The van der Waals surface area contributed by atoms with Crippen molar-refractivity contribution in [1.29, 1.82) is 0 Å². The van der Waals surface area contributed by atoms with Crippen molar-refractivity contribution in [3.8, 4) is 0 Å². The lowest BCUT2D eigenvalue weighted by Crippen LogP contribution is -2.40. The molecule has 0 saturated carbocycles. The van der Waals surface area contributed by atoms with Gasteiger partial charge in [0.1, 0.15) is 6.04 Å². The summed E-state index contributed by atoms with van der Waals surface area (Å²) in [4.78, 5) is 18.9. The Hall–Kier alpha value is -1.39. The lowest BCUT2D eigenvalue weighted by molar-refractivity contribution is -0.137. The first-order chi connectivity index (χ1) is 8.63. The third-order valence-corrected chi connectivity index (χ3v) is 3.02. The van der Waals surface area contributed by atoms with Crippen LogP contribution in [0.2, 0.25) is 0 Å². The zero-order valence-corrected chi connectivity index (χ0v) is 11.6. The van der Waals surface area contributed by atoms with Crippen LogP contribution < -0.4 is 5.48 Å². The van der Waals surface area contributed by atoms with E-state index in [0.29, 0.717) is 0 Å². The fourth-order valence-electron chi connectivity index (χ4n) is 2.02. The van der Waals surface area contributed by atoms with Gasteiger partial charge >= 0.3 is 0 Å². The van der Waals surface area contributed by atoms with E-state index in [1.807, 2.05) is 45.0 Å². The average Bonchev–Trinajstić information content (AvgIpc) is 2.37. The van der Waals surface area contributed by atoms with Crippen LogP contribution in [0.3, 0.4) is 0 Å². The molecule has 4 heteroatoms. The summed E-state index contributed by atoms with van der Waals surface area (Å²) < 4.78 is 0. The van der Waals surface area contributed by atoms with Gasteiger partial charge in [-0.2, -0.15) is 0 Å². The predicted molar refractivity (Wildman–Crippen MR) is 72.0 cm³/mol. The molecule has 18 heavy (non-hydrogen) atoms. The number of hydrogen-bond acceptors (Lipinski definition) is 3. The van der Waals surface area contributed by atoms with Crippen LogP contribution in [-0.2, 0) is 9.63 Å². The second-order valence-electron chi connectivity index (χ2n) is 4.20. The van der Waals surface area contributed by atoms with Crippen molar-refractivity contribution in [2.45, 2.75) is 26.8 Å². The average molecular weight is 250 g/mol. The van der Waals surface area contributed by atoms with E-state index in [0.717, 1.165) is 18.7 Å². The van der Waals surface area contributed by atoms with Gasteiger partial charge in [-0.1, -0.05) is 43.7 Å². The highest BCUT2D eigenvalue weighted by Crippen LogP contribution is 2.21. The van der Waals surface area contributed by atoms with Gasteiger partial charge in [-0.25, -0.2) is 5.48 Å². The molecule has 0 bridgehead atoms. The lowest BCUT2D eigenvalue weighted by Gasteiger charge is -2.28. The Morgan fingerprint density at radius 3 is 2.28 bits per heavy atom. The van der Waals surface area contributed by atoms with Crippen LogP contribution in [0.5, 0.6) is 0 Å². The van der Waals surface area contributed by atoms with Gasteiger partial charge in [-0.3, -0.25) is 14.5 Å². The molecule has 0 aliphatic heterocycles. The summed E-state index contributed by atoms with van der Waals surface area (Å²) in [6, 6.07) is 7.72. The molecular weight excluding hydrogens is 228 g/mol. The molecule has 0 heterocycles. The van der Waals surface area contributed by atoms with Crippen LogP contribution in [0, 0.1) is 6.92 Å². The number of amides is 1. The number of rotatable bonds is 6. The highest BCUT2D eigenvalue weighted by molar-refractivity contribution is 5.82. The zero-order valence-electron chi connectivity index (χ0n) is 11.6. The highest BCUT2D eigenvalue weighted by atomic mass is 16.6.